The van der Waals surface area contributed by atoms with Crippen LogP contribution in [0.15, 0.2) is 30.6 Å². The van der Waals surface area contributed by atoms with Gasteiger partial charge in [0.1, 0.15) is 11.6 Å². The van der Waals surface area contributed by atoms with Gasteiger partial charge in [0, 0.05) is 42.6 Å². The molecule has 7 heteroatoms. The summed E-state index contributed by atoms with van der Waals surface area (Å²) in [6.07, 6.45) is 3.62. The van der Waals surface area contributed by atoms with E-state index in [0.717, 1.165) is 18.9 Å². The number of aromatic nitrogens is 2. The lowest BCUT2D eigenvalue weighted by Crippen LogP contribution is -2.46. The van der Waals surface area contributed by atoms with Crippen LogP contribution in [0, 0.1) is 5.82 Å². The van der Waals surface area contributed by atoms with Gasteiger partial charge in [-0.3, -0.25) is 4.90 Å². The third-order valence-corrected chi connectivity index (χ3v) is 4.56. The predicted molar refractivity (Wildman–Crippen MR) is 91.4 cm³/mol. The van der Waals surface area contributed by atoms with Crippen LogP contribution >= 0.6 is 11.6 Å². The molecule has 2 unspecified atom stereocenters. The molecule has 5 nitrogen and oxygen atoms in total. The van der Waals surface area contributed by atoms with Gasteiger partial charge in [0.25, 0.3) is 0 Å². The van der Waals surface area contributed by atoms with E-state index < -0.39 is 0 Å². The van der Waals surface area contributed by atoms with Crippen molar-refractivity contribution >= 4 is 11.6 Å². The van der Waals surface area contributed by atoms with Gasteiger partial charge in [0.2, 0.25) is 0 Å². The molecule has 1 aliphatic heterocycles. The number of morpholine rings is 1. The maximum atomic E-state index is 14.5. The molecule has 2 atom stereocenters. The molecule has 2 heterocycles. The molecule has 130 valence electrons. The lowest BCUT2D eigenvalue weighted by atomic mass is 10.0. The van der Waals surface area contributed by atoms with Gasteiger partial charge in [-0.25, -0.2) is 9.37 Å². The van der Waals surface area contributed by atoms with E-state index in [1.165, 1.54) is 6.07 Å². The summed E-state index contributed by atoms with van der Waals surface area (Å²) >= 11 is 6.31. The van der Waals surface area contributed by atoms with Gasteiger partial charge in [-0.2, -0.15) is 0 Å². The number of hydrogen-bond donors (Lipinski definition) is 2. The highest BCUT2D eigenvalue weighted by molar-refractivity contribution is 6.31. The Morgan fingerprint density at radius 3 is 3.12 bits per heavy atom. The van der Waals surface area contributed by atoms with Crippen molar-refractivity contribution in [1.29, 1.82) is 0 Å². The standard InChI is InChI=1S/C17H22ClFN4O/c1-12-11-23(7-8-24-12)15(9-20-10-16-21-5-6-22-16)17-13(18)3-2-4-14(17)19/h2-6,12,15,20H,7-11H2,1H3,(H,21,22). The van der Waals surface area contributed by atoms with Crippen LogP contribution in [0.4, 0.5) is 4.39 Å². The van der Waals surface area contributed by atoms with Gasteiger partial charge in [-0.1, -0.05) is 17.7 Å². The molecule has 24 heavy (non-hydrogen) atoms. The molecule has 0 bridgehead atoms. The summed E-state index contributed by atoms with van der Waals surface area (Å²) in [7, 11) is 0. The van der Waals surface area contributed by atoms with Crippen LogP contribution in [0.1, 0.15) is 24.4 Å². The average molecular weight is 353 g/mol. The third kappa shape index (κ3) is 4.13. The SMILES string of the molecule is CC1CN(C(CNCc2ncc[nH]2)c2c(F)cccc2Cl)CCO1. The summed E-state index contributed by atoms with van der Waals surface area (Å²) in [6, 6.07) is 4.68. The van der Waals surface area contributed by atoms with Crippen LogP contribution in [0.2, 0.25) is 5.02 Å². The molecular weight excluding hydrogens is 331 g/mol. The highest BCUT2D eigenvalue weighted by Crippen LogP contribution is 2.31. The number of rotatable bonds is 6. The van der Waals surface area contributed by atoms with Crippen molar-refractivity contribution in [2.75, 3.05) is 26.2 Å². The van der Waals surface area contributed by atoms with Gasteiger partial charge in [0.05, 0.1) is 25.3 Å². The van der Waals surface area contributed by atoms with Gasteiger partial charge < -0.3 is 15.0 Å². The zero-order valence-electron chi connectivity index (χ0n) is 13.6. The molecule has 0 spiro atoms. The summed E-state index contributed by atoms with van der Waals surface area (Å²) in [5, 5.41) is 3.81. The van der Waals surface area contributed by atoms with Gasteiger partial charge in [-0.15, -0.1) is 0 Å². The number of aromatic amines is 1. The lowest BCUT2D eigenvalue weighted by Gasteiger charge is -2.38. The number of ether oxygens (including phenoxy) is 1. The van der Waals surface area contributed by atoms with Gasteiger partial charge >= 0.3 is 0 Å². The summed E-state index contributed by atoms with van der Waals surface area (Å²) in [5.74, 6) is 0.579. The summed E-state index contributed by atoms with van der Waals surface area (Å²) in [6.45, 7) is 5.34. The van der Waals surface area contributed by atoms with Gasteiger partial charge in [-0.05, 0) is 19.1 Å². The Morgan fingerprint density at radius 2 is 2.42 bits per heavy atom. The molecule has 1 saturated heterocycles. The highest BCUT2D eigenvalue weighted by atomic mass is 35.5. The van der Waals surface area contributed by atoms with E-state index >= 15 is 0 Å². The fourth-order valence-corrected chi connectivity index (χ4v) is 3.38. The molecule has 0 amide bonds. The Bertz CT molecular complexity index is 632. The summed E-state index contributed by atoms with van der Waals surface area (Å²) in [5.41, 5.74) is 0.542. The maximum absolute atomic E-state index is 14.5. The first-order valence-corrected chi connectivity index (χ1v) is 8.51. The predicted octanol–water partition coefficient (Wildman–Crippen LogP) is 2.75. The minimum Gasteiger partial charge on any atom is -0.376 e. The molecule has 1 fully saturated rings. The molecule has 1 aromatic heterocycles. The molecule has 0 radical (unpaired) electrons. The fraction of sp³-hybridized carbons (Fsp3) is 0.471. The minimum atomic E-state index is -0.272. The van der Waals surface area contributed by atoms with Crippen LogP contribution in [0.25, 0.3) is 0 Å². The second kappa shape index (κ2) is 8.07. The van der Waals surface area contributed by atoms with Crippen molar-refractivity contribution in [2.24, 2.45) is 0 Å². The number of hydrogen-bond acceptors (Lipinski definition) is 4. The van der Waals surface area contributed by atoms with E-state index in [4.69, 9.17) is 16.3 Å². The van der Waals surface area contributed by atoms with E-state index in [1.807, 2.05) is 6.92 Å². The van der Waals surface area contributed by atoms with E-state index in [1.54, 1.807) is 24.5 Å². The van der Waals surface area contributed by atoms with Gasteiger partial charge in [0.15, 0.2) is 0 Å². The summed E-state index contributed by atoms with van der Waals surface area (Å²) in [4.78, 5) is 9.48. The molecule has 3 rings (SSSR count). The molecule has 2 N–H and O–H groups in total. The van der Waals surface area contributed by atoms with E-state index in [2.05, 4.69) is 20.2 Å². The van der Waals surface area contributed by atoms with Crippen LogP contribution < -0.4 is 5.32 Å². The molecule has 0 saturated carbocycles. The van der Waals surface area contributed by atoms with E-state index in [9.17, 15) is 4.39 Å². The largest absolute Gasteiger partial charge is 0.376 e. The smallest absolute Gasteiger partial charge is 0.129 e. The zero-order chi connectivity index (χ0) is 16.9. The molecule has 0 aliphatic carbocycles. The van der Waals surface area contributed by atoms with Crippen LogP contribution in [0.3, 0.4) is 0 Å². The Kier molecular flexibility index (Phi) is 5.84. The number of H-pyrrole nitrogens is 1. The van der Waals surface area contributed by atoms with Crippen molar-refractivity contribution in [3.8, 4) is 0 Å². The molecule has 2 aromatic rings. The molecular formula is C17H22ClFN4O. The van der Waals surface area contributed by atoms with Crippen molar-refractivity contribution in [1.82, 2.24) is 20.2 Å². The monoisotopic (exact) mass is 352 g/mol. The zero-order valence-corrected chi connectivity index (χ0v) is 14.4. The third-order valence-electron chi connectivity index (χ3n) is 4.23. The average Bonchev–Trinajstić information content (AvgIpc) is 3.06. The number of nitrogens with one attached hydrogen (secondary N) is 2. The number of halogens is 2. The van der Waals surface area contributed by atoms with Crippen molar-refractivity contribution in [3.05, 3.63) is 52.8 Å². The topological polar surface area (TPSA) is 53.2 Å². The summed E-state index contributed by atoms with van der Waals surface area (Å²) < 4.78 is 20.1. The van der Waals surface area contributed by atoms with Crippen LogP contribution in [0.5, 0.6) is 0 Å². The Hall–Kier alpha value is -1.47. The second-order valence-corrected chi connectivity index (χ2v) is 6.40. The number of nitrogens with zero attached hydrogens (tertiary/aromatic N) is 2. The van der Waals surface area contributed by atoms with Crippen molar-refractivity contribution in [2.45, 2.75) is 25.6 Å². The molecule has 1 aromatic carbocycles. The Morgan fingerprint density at radius 1 is 1.54 bits per heavy atom. The first-order valence-electron chi connectivity index (χ1n) is 8.13. The number of benzene rings is 1. The Balaban J connectivity index is 1.77. The van der Waals surface area contributed by atoms with E-state index in [0.29, 0.717) is 30.3 Å². The fourth-order valence-electron chi connectivity index (χ4n) is 3.09. The quantitative estimate of drug-likeness (QED) is 0.839. The lowest BCUT2D eigenvalue weighted by molar-refractivity contribution is -0.0349. The van der Waals surface area contributed by atoms with Crippen LogP contribution in [-0.2, 0) is 11.3 Å². The van der Waals surface area contributed by atoms with Crippen molar-refractivity contribution < 1.29 is 9.13 Å². The Labute approximate surface area is 146 Å². The molecule has 1 aliphatic rings. The normalized spacial score (nSPS) is 20.2. The minimum absolute atomic E-state index is 0.122. The first-order chi connectivity index (χ1) is 11.6. The number of imidazole rings is 1. The van der Waals surface area contributed by atoms with E-state index in [-0.39, 0.29) is 18.0 Å². The first kappa shape index (κ1) is 17.4. The highest BCUT2D eigenvalue weighted by Gasteiger charge is 2.28. The maximum Gasteiger partial charge on any atom is 0.129 e. The van der Waals surface area contributed by atoms with Crippen molar-refractivity contribution in [3.63, 3.8) is 0 Å². The van der Waals surface area contributed by atoms with Crippen LogP contribution in [-0.4, -0.2) is 47.2 Å². The second-order valence-electron chi connectivity index (χ2n) is 5.99.